The molecule has 0 N–H and O–H groups in total. The minimum absolute atomic E-state index is 0.253. The number of hydrogen-bond acceptors (Lipinski definition) is 4. The second-order valence-corrected chi connectivity index (χ2v) is 4.31. The maximum absolute atomic E-state index is 12.1. The Morgan fingerprint density at radius 2 is 1.53 bits per heavy atom. The Morgan fingerprint density at radius 3 is 1.89 bits per heavy atom. The van der Waals surface area contributed by atoms with Crippen molar-refractivity contribution in [3.63, 3.8) is 0 Å². The molecule has 0 aliphatic carbocycles. The fourth-order valence-corrected chi connectivity index (χ4v) is 1.75. The van der Waals surface area contributed by atoms with E-state index in [2.05, 4.69) is 6.92 Å². The summed E-state index contributed by atoms with van der Waals surface area (Å²) in [5.74, 6) is -1.05. The van der Waals surface area contributed by atoms with Crippen LogP contribution in [-0.4, -0.2) is 25.2 Å². The highest BCUT2D eigenvalue weighted by Crippen LogP contribution is 2.28. The van der Waals surface area contributed by atoms with E-state index < -0.39 is 17.4 Å². The summed E-state index contributed by atoms with van der Waals surface area (Å²) in [6, 6.07) is 0. The van der Waals surface area contributed by atoms with E-state index in [4.69, 9.17) is 9.47 Å². The Labute approximate surface area is 116 Å². The molecule has 0 amide bonds. The third kappa shape index (κ3) is 5.05. The fourth-order valence-electron chi connectivity index (χ4n) is 1.75. The predicted molar refractivity (Wildman–Crippen MR) is 74.7 cm³/mol. The normalized spacial score (nSPS) is 11.6. The summed E-state index contributed by atoms with van der Waals surface area (Å²) in [6.45, 7) is 7.84. The number of ether oxygens (including phenoxy) is 2. The SMILES string of the molecule is CCCC/C=C/C(CC)(C(=O)OCC)C(=O)OCC. The molecule has 0 aliphatic heterocycles. The molecule has 0 aromatic rings. The molecule has 4 heteroatoms. The number of carbonyl (C=O) groups excluding carboxylic acids is 2. The van der Waals surface area contributed by atoms with Gasteiger partial charge in [-0.25, -0.2) is 0 Å². The van der Waals surface area contributed by atoms with Crippen LogP contribution in [0.15, 0.2) is 12.2 Å². The minimum atomic E-state index is -1.29. The van der Waals surface area contributed by atoms with Gasteiger partial charge < -0.3 is 9.47 Å². The van der Waals surface area contributed by atoms with E-state index >= 15 is 0 Å². The van der Waals surface area contributed by atoms with Gasteiger partial charge in [0.2, 0.25) is 0 Å². The Morgan fingerprint density at radius 1 is 1.00 bits per heavy atom. The van der Waals surface area contributed by atoms with Crippen molar-refractivity contribution < 1.29 is 19.1 Å². The molecule has 4 nitrogen and oxygen atoms in total. The number of unbranched alkanes of at least 4 members (excludes halogenated alkanes) is 2. The molecule has 19 heavy (non-hydrogen) atoms. The number of esters is 2. The lowest BCUT2D eigenvalue weighted by Gasteiger charge is -2.24. The first-order valence-electron chi connectivity index (χ1n) is 7.11. The van der Waals surface area contributed by atoms with Crippen molar-refractivity contribution in [3.8, 4) is 0 Å². The van der Waals surface area contributed by atoms with Crippen LogP contribution in [0.3, 0.4) is 0 Å². The van der Waals surface area contributed by atoms with Crippen LogP contribution in [-0.2, 0) is 19.1 Å². The molecule has 0 aromatic carbocycles. The molecule has 0 saturated heterocycles. The van der Waals surface area contributed by atoms with E-state index in [1.165, 1.54) is 0 Å². The highest BCUT2D eigenvalue weighted by atomic mass is 16.6. The minimum Gasteiger partial charge on any atom is -0.465 e. The summed E-state index contributed by atoms with van der Waals surface area (Å²) in [6.07, 6.45) is 6.81. The van der Waals surface area contributed by atoms with Crippen LogP contribution in [0.4, 0.5) is 0 Å². The van der Waals surface area contributed by atoms with Gasteiger partial charge in [-0.05, 0) is 26.7 Å². The van der Waals surface area contributed by atoms with E-state index in [0.29, 0.717) is 6.42 Å². The smallest absolute Gasteiger partial charge is 0.327 e. The standard InChI is InChI=1S/C15H26O4/c1-5-9-10-11-12-15(6-2,13(16)18-7-3)14(17)19-8-4/h11-12H,5-10H2,1-4H3/b12-11+. The summed E-state index contributed by atoms with van der Waals surface area (Å²) in [5.41, 5.74) is -1.29. The summed E-state index contributed by atoms with van der Waals surface area (Å²) >= 11 is 0. The lowest BCUT2D eigenvalue weighted by molar-refractivity contribution is -0.168. The zero-order valence-corrected chi connectivity index (χ0v) is 12.5. The molecule has 0 unspecified atom stereocenters. The van der Waals surface area contributed by atoms with E-state index in [9.17, 15) is 9.59 Å². The van der Waals surface area contributed by atoms with Crippen LogP contribution < -0.4 is 0 Å². The van der Waals surface area contributed by atoms with Gasteiger partial charge in [-0.2, -0.15) is 0 Å². The van der Waals surface area contributed by atoms with Gasteiger partial charge in [-0.15, -0.1) is 0 Å². The van der Waals surface area contributed by atoms with Gasteiger partial charge in [-0.1, -0.05) is 38.8 Å². The first-order chi connectivity index (χ1) is 9.08. The molecular weight excluding hydrogens is 244 g/mol. The van der Waals surface area contributed by atoms with E-state index in [1.807, 2.05) is 6.08 Å². The van der Waals surface area contributed by atoms with Crippen LogP contribution in [0.25, 0.3) is 0 Å². The van der Waals surface area contributed by atoms with Gasteiger partial charge in [0.25, 0.3) is 0 Å². The van der Waals surface area contributed by atoms with Gasteiger partial charge in [0.1, 0.15) is 0 Å². The molecule has 0 aliphatic rings. The molecule has 110 valence electrons. The van der Waals surface area contributed by atoms with Crippen LogP contribution in [0.2, 0.25) is 0 Å². The molecule has 0 fully saturated rings. The third-order valence-corrected chi connectivity index (χ3v) is 2.96. The summed E-state index contributed by atoms with van der Waals surface area (Å²) in [4.78, 5) is 24.2. The maximum atomic E-state index is 12.1. The lowest BCUT2D eigenvalue weighted by atomic mass is 9.84. The third-order valence-electron chi connectivity index (χ3n) is 2.96. The van der Waals surface area contributed by atoms with Gasteiger partial charge in [0.05, 0.1) is 13.2 Å². The van der Waals surface area contributed by atoms with E-state index in [0.717, 1.165) is 19.3 Å². The number of hydrogen-bond donors (Lipinski definition) is 0. The second kappa shape index (κ2) is 9.59. The van der Waals surface area contributed by atoms with Gasteiger partial charge >= 0.3 is 11.9 Å². The van der Waals surface area contributed by atoms with E-state index in [-0.39, 0.29) is 13.2 Å². The molecule has 0 aromatic heterocycles. The highest BCUT2D eigenvalue weighted by Gasteiger charge is 2.44. The van der Waals surface area contributed by atoms with Crippen molar-refractivity contribution in [2.45, 2.75) is 53.4 Å². The lowest BCUT2D eigenvalue weighted by Crippen LogP contribution is -2.40. The molecule has 0 atom stereocenters. The van der Waals surface area contributed by atoms with Crippen LogP contribution in [0, 0.1) is 5.41 Å². The zero-order chi connectivity index (χ0) is 14.7. The Hall–Kier alpha value is -1.32. The van der Waals surface area contributed by atoms with Crippen molar-refractivity contribution in [1.29, 1.82) is 0 Å². The monoisotopic (exact) mass is 270 g/mol. The van der Waals surface area contributed by atoms with Crippen molar-refractivity contribution in [3.05, 3.63) is 12.2 Å². The van der Waals surface area contributed by atoms with Crippen LogP contribution >= 0.6 is 0 Å². The predicted octanol–water partition coefficient (Wildman–Crippen LogP) is 3.26. The van der Waals surface area contributed by atoms with Crippen LogP contribution in [0.5, 0.6) is 0 Å². The quantitative estimate of drug-likeness (QED) is 0.279. The zero-order valence-electron chi connectivity index (χ0n) is 12.5. The average Bonchev–Trinajstić information content (AvgIpc) is 2.40. The summed E-state index contributed by atoms with van der Waals surface area (Å²) in [5, 5.41) is 0. The number of allylic oxidation sites excluding steroid dienone is 1. The fraction of sp³-hybridized carbons (Fsp3) is 0.733. The maximum Gasteiger partial charge on any atom is 0.327 e. The summed E-state index contributed by atoms with van der Waals surface area (Å²) in [7, 11) is 0. The molecule has 0 bridgehead atoms. The molecule has 0 heterocycles. The van der Waals surface area contributed by atoms with Gasteiger partial charge in [-0.3, -0.25) is 9.59 Å². The highest BCUT2D eigenvalue weighted by molar-refractivity contribution is 6.02. The van der Waals surface area contributed by atoms with Crippen molar-refractivity contribution in [2.75, 3.05) is 13.2 Å². The average molecular weight is 270 g/mol. The Bertz CT molecular complexity index is 289. The van der Waals surface area contributed by atoms with Crippen molar-refractivity contribution in [1.82, 2.24) is 0 Å². The van der Waals surface area contributed by atoms with Gasteiger partial charge in [0, 0.05) is 0 Å². The molecule has 0 rings (SSSR count). The van der Waals surface area contributed by atoms with Gasteiger partial charge in [0.15, 0.2) is 5.41 Å². The van der Waals surface area contributed by atoms with Crippen LogP contribution in [0.1, 0.15) is 53.4 Å². The number of carbonyl (C=O) groups is 2. The Kier molecular flexibility index (Phi) is 8.92. The number of rotatable bonds is 9. The van der Waals surface area contributed by atoms with Crippen molar-refractivity contribution in [2.24, 2.45) is 5.41 Å². The van der Waals surface area contributed by atoms with E-state index in [1.54, 1.807) is 26.8 Å². The molecule has 0 saturated carbocycles. The topological polar surface area (TPSA) is 52.6 Å². The first kappa shape index (κ1) is 17.7. The molecular formula is C15H26O4. The molecule has 0 radical (unpaired) electrons. The first-order valence-corrected chi connectivity index (χ1v) is 7.11. The molecule has 0 spiro atoms. The summed E-state index contributed by atoms with van der Waals surface area (Å²) < 4.78 is 10.1. The van der Waals surface area contributed by atoms with Crippen molar-refractivity contribution >= 4 is 11.9 Å². The Balaban J connectivity index is 5.11. The largest absolute Gasteiger partial charge is 0.465 e. The second-order valence-electron chi connectivity index (χ2n) is 4.31.